The summed E-state index contributed by atoms with van der Waals surface area (Å²) in [5.74, 6) is 0.812. The van der Waals surface area contributed by atoms with Crippen LogP contribution in [0.25, 0.3) is 0 Å². The molecule has 2 aliphatic heterocycles. The molecule has 9 heteroatoms. The minimum Gasteiger partial charge on any atom is -0.444 e. The van der Waals surface area contributed by atoms with Gasteiger partial charge >= 0.3 is 6.09 Å². The Morgan fingerprint density at radius 2 is 1.88 bits per heavy atom. The first kappa shape index (κ1) is 23.0. The normalized spacial score (nSPS) is 20.5. The van der Waals surface area contributed by atoms with Crippen LogP contribution in [0.1, 0.15) is 76.3 Å². The van der Waals surface area contributed by atoms with Gasteiger partial charge in [-0.3, -0.25) is 4.98 Å². The third-order valence-electron chi connectivity index (χ3n) is 6.44. The van der Waals surface area contributed by atoms with Crippen molar-refractivity contribution < 1.29 is 14.3 Å². The summed E-state index contributed by atoms with van der Waals surface area (Å²) in [5.41, 5.74) is 1.13. The first-order valence-electron chi connectivity index (χ1n) is 11.0. The number of nitrogens with zero attached hydrogens (tertiary/aromatic N) is 5. The predicted octanol–water partition coefficient (Wildman–Crippen LogP) is 4.68. The number of ether oxygens (including phenoxy) is 2. The first-order valence-corrected chi connectivity index (χ1v) is 11.4. The number of fused-ring (bicyclic) bond motifs is 2. The number of aromatic nitrogens is 4. The van der Waals surface area contributed by atoms with Gasteiger partial charge in [0.25, 0.3) is 0 Å². The van der Waals surface area contributed by atoms with Gasteiger partial charge in [-0.05, 0) is 67.4 Å². The molecule has 0 saturated carbocycles. The van der Waals surface area contributed by atoms with E-state index in [0.29, 0.717) is 31.0 Å². The molecule has 4 heterocycles. The van der Waals surface area contributed by atoms with Crippen molar-refractivity contribution in [3.05, 3.63) is 40.2 Å². The molecule has 8 nitrogen and oxygen atoms in total. The summed E-state index contributed by atoms with van der Waals surface area (Å²) in [5, 5.41) is 8.85. The fourth-order valence-electron chi connectivity index (χ4n) is 4.75. The first-order chi connectivity index (χ1) is 14.8. The lowest BCUT2D eigenvalue weighted by atomic mass is 9.85. The van der Waals surface area contributed by atoms with Crippen molar-refractivity contribution in [3.63, 3.8) is 0 Å². The van der Waals surface area contributed by atoms with Crippen LogP contribution in [0.3, 0.4) is 0 Å². The molecule has 1 saturated heterocycles. The van der Waals surface area contributed by atoms with Gasteiger partial charge in [-0.2, -0.15) is 0 Å². The van der Waals surface area contributed by atoms with Crippen LogP contribution in [-0.2, 0) is 20.6 Å². The molecule has 2 aromatic heterocycles. The summed E-state index contributed by atoms with van der Waals surface area (Å²) in [6.45, 7) is 14.8. The number of piperidine rings is 1. The molecule has 32 heavy (non-hydrogen) atoms. The van der Waals surface area contributed by atoms with Gasteiger partial charge in [0.1, 0.15) is 29.5 Å². The second-order valence-corrected chi connectivity index (χ2v) is 10.8. The van der Waals surface area contributed by atoms with E-state index in [1.165, 1.54) is 0 Å². The van der Waals surface area contributed by atoms with E-state index in [-0.39, 0.29) is 12.2 Å². The molecule has 2 aliphatic rings. The Labute approximate surface area is 194 Å². The summed E-state index contributed by atoms with van der Waals surface area (Å²) in [6, 6.07) is 1.99. The number of carbonyl (C=O) groups is 1. The van der Waals surface area contributed by atoms with Crippen LogP contribution in [0.15, 0.2) is 12.4 Å². The lowest BCUT2D eigenvalue weighted by Gasteiger charge is -2.41. The minimum absolute atomic E-state index is 0.286. The van der Waals surface area contributed by atoms with Crippen LogP contribution >= 0.6 is 11.6 Å². The van der Waals surface area contributed by atoms with Crippen molar-refractivity contribution in [1.82, 2.24) is 24.6 Å². The smallest absolute Gasteiger partial charge is 0.410 e. The monoisotopic (exact) mass is 461 g/mol. The highest BCUT2D eigenvalue weighted by Crippen LogP contribution is 2.54. The van der Waals surface area contributed by atoms with Gasteiger partial charge < -0.3 is 18.9 Å². The Bertz CT molecular complexity index is 1030. The van der Waals surface area contributed by atoms with E-state index < -0.39 is 16.7 Å². The molecule has 0 N–H and O–H groups in total. The molecule has 174 valence electrons. The van der Waals surface area contributed by atoms with Gasteiger partial charge in [0.05, 0.1) is 21.9 Å². The molecule has 1 unspecified atom stereocenters. The van der Waals surface area contributed by atoms with Crippen molar-refractivity contribution in [2.24, 2.45) is 0 Å². The number of amides is 1. The molecule has 2 aromatic rings. The van der Waals surface area contributed by atoms with E-state index in [1.54, 1.807) is 11.2 Å². The van der Waals surface area contributed by atoms with Crippen molar-refractivity contribution >= 4 is 17.7 Å². The van der Waals surface area contributed by atoms with Crippen molar-refractivity contribution in [2.45, 2.75) is 84.2 Å². The number of carbonyl (C=O) groups excluding carboxylic acids is 1. The van der Waals surface area contributed by atoms with E-state index in [2.05, 4.69) is 24.0 Å². The highest BCUT2D eigenvalue weighted by molar-refractivity contribution is 6.31. The number of hydrogen-bond donors (Lipinski definition) is 0. The second-order valence-electron chi connectivity index (χ2n) is 10.4. The van der Waals surface area contributed by atoms with Crippen molar-refractivity contribution in [1.29, 1.82) is 0 Å². The third kappa shape index (κ3) is 3.88. The number of likely N-dealkylation sites (tertiary alicyclic amines) is 1. The number of rotatable bonds is 2. The zero-order valence-corrected chi connectivity index (χ0v) is 20.7. The molecular formula is C23H32ClN5O3. The van der Waals surface area contributed by atoms with Gasteiger partial charge in [-0.15, -0.1) is 10.2 Å². The quantitative estimate of drug-likeness (QED) is 0.646. The second kappa shape index (κ2) is 7.70. The third-order valence-corrected chi connectivity index (χ3v) is 6.82. The summed E-state index contributed by atoms with van der Waals surface area (Å²) in [6.07, 6.45) is 2.44. The van der Waals surface area contributed by atoms with Gasteiger partial charge in [0.15, 0.2) is 0 Å². The van der Waals surface area contributed by atoms with E-state index in [4.69, 9.17) is 26.1 Å². The number of pyridine rings is 1. The maximum atomic E-state index is 12.6. The zero-order valence-electron chi connectivity index (χ0n) is 19.9. The summed E-state index contributed by atoms with van der Waals surface area (Å²) in [7, 11) is 0. The Balaban J connectivity index is 1.67. The number of hydrogen-bond acceptors (Lipinski definition) is 6. The molecule has 0 aromatic carbocycles. The zero-order chi connectivity index (χ0) is 23.5. The molecule has 4 rings (SSSR count). The largest absolute Gasteiger partial charge is 0.444 e. The van der Waals surface area contributed by atoms with Crippen LogP contribution in [0.2, 0.25) is 5.02 Å². The van der Waals surface area contributed by atoms with Gasteiger partial charge in [-0.1, -0.05) is 11.6 Å². The van der Waals surface area contributed by atoms with E-state index >= 15 is 0 Å². The topological polar surface area (TPSA) is 82.4 Å². The molecule has 1 atom stereocenters. The van der Waals surface area contributed by atoms with Crippen LogP contribution in [0.4, 0.5) is 4.79 Å². The highest BCUT2D eigenvalue weighted by atomic mass is 35.5. The van der Waals surface area contributed by atoms with Crippen LogP contribution in [-0.4, -0.2) is 49.4 Å². The predicted molar refractivity (Wildman–Crippen MR) is 121 cm³/mol. The molecule has 1 spiro atoms. The molecule has 1 amide bonds. The summed E-state index contributed by atoms with van der Waals surface area (Å²) >= 11 is 6.50. The fourth-order valence-corrected chi connectivity index (χ4v) is 4.91. The standard InChI is InChI=1S/C23H32ClN5O3/c1-14-17(24)12-16-18(26-14)23(8-10-28(11-9-23)20(30)32-21(3,4)5)31-19(16)22(6,7)29-13-25-27-15(29)2/h12-13,19H,8-11H2,1-7H3. The highest BCUT2D eigenvalue weighted by Gasteiger charge is 2.53. The van der Waals surface area contributed by atoms with Crippen LogP contribution in [0.5, 0.6) is 0 Å². The van der Waals surface area contributed by atoms with E-state index in [0.717, 1.165) is 22.8 Å². The van der Waals surface area contributed by atoms with Crippen molar-refractivity contribution in [3.8, 4) is 0 Å². The molecular weight excluding hydrogens is 430 g/mol. The van der Waals surface area contributed by atoms with Gasteiger partial charge in [0.2, 0.25) is 0 Å². The Kier molecular flexibility index (Phi) is 5.53. The summed E-state index contributed by atoms with van der Waals surface area (Å²) < 4.78 is 14.5. The van der Waals surface area contributed by atoms with Gasteiger partial charge in [0, 0.05) is 18.7 Å². The van der Waals surface area contributed by atoms with Crippen molar-refractivity contribution in [2.75, 3.05) is 13.1 Å². The molecule has 0 bridgehead atoms. The molecule has 1 fully saturated rings. The summed E-state index contributed by atoms with van der Waals surface area (Å²) in [4.78, 5) is 19.2. The Morgan fingerprint density at radius 1 is 1.22 bits per heavy atom. The van der Waals surface area contributed by atoms with Gasteiger partial charge in [-0.25, -0.2) is 4.79 Å². The van der Waals surface area contributed by atoms with E-state index in [1.807, 2.05) is 45.3 Å². The molecule has 0 radical (unpaired) electrons. The number of aryl methyl sites for hydroxylation is 2. The maximum absolute atomic E-state index is 12.6. The van der Waals surface area contributed by atoms with Crippen LogP contribution < -0.4 is 0 Å². The number of halogens is 1. The SMILES string of the molecule is Cc1nc2c(cc1Cl)C(C(C)(C)n1cnnc1C)OC21CCN(C(=O)OC(C)(C)C)CC1. The lowest BCUT2D eigenvalue weighted by Crippen LogP contribution is -2.47. The average Bonchev–Trinajstić information content (AvgIpc) is 3.25. The molecule has 0 aliphatic carbocycles. The van der Waals surface area contributed by atoms with E-state index in [9.17, 15) is 4.79 Å². The fraction of sp³-hybridized carbons (Fsp3) is 0.652. The Hall–Kier alpha value is -2.19. The average molecular weight is 462 g/mol. The lowest BCUT2D eigenvalue weighted by molar-refractivity contribution is -0.140. The minimum atomic E-state index is -0.576. The van der Waals surface area contributed by atoms with Crippen LogP contribution in [0, 0.1) is 13.8 Å². The Morgan fingerprint density at radius 3 is 2.44 bits per heavy atom. The maximum Gasteiger partial charge on any atom is 0.410 e.